The van der Waals surface area contributed by atoms with E-state index in [1.165, 1.54) is 0 Å². The van der Waals surface area contributed by atoms with Gasteiger partial charge < -0.3 is 14.6 Å². The number of benzene rings is 3. The number of nitrogens with zero attached hydrogens (tertiary/aromatic N) is 1. The van der Waals surface area contributed by atoms with Crippen molar-refractivity contribution in [3.8, 4) is 22.9 Å². The predicted octanol–water partition coefficient (Wildman–Crippen LogP) is 4.89. The first-order valence-corrected chi connectivity index (χ1v) is 9.73. The van der Waals surface area contributed by atoms with E-state index in [0.717, 1.165) is 22.3 Å². The summed E-state index contributed by atoms with van der Waals surface area (Å²) in [6, 6.07) is 25.1. The Labute approximate surface area is 175 Å². The topological polar surface area (TPSA) is 82.8 Å². The summed E-state index contributed by atoms with van der Waals surface area (Å²) in [7, 11) is 0. The van der Waals surface area contributed by atoms with Gasteiger partial charge in [0.25, 0.3) is 0 Å². The molecule has 0 saturated carbocycles. The SMILES string of the molecule is CC1OC1(CC(=O)O)c1ccc(OCc2ccc(-c3ccccc3C#N)cc2)cc1. The van der Waals surface area contributed by atoms with Crippen LogP contribution >= 0.6 is 0 Å². The minimum absolute atomic E-state index is 0.0460. The fourth-order valence-electron chi connectivity index (χ4n) is 3.71. The molecule has 0 spiro atoms. The summed E-state index contributed by atoms with van der Waals surface area (Å²) >= 11 is 0. The lowest BCUT2D eigenvalue weighted by Gasteiger charge is -2.12. The van der Waals surface area contributed by atoms with Crippen LogP contribution in [0.25, 0.3) is 11.1 Å². The second kappa shape index (κ2) is 8.02. The van der Waals surface area contributed by atoms with Gasteiger partial charge in [0.2, 0.25) is 0 Å². The molecule has 0 amide bonds. The van der Waals surface area contributed by atoms with Gasteiger partial charge in [0.05, 0.1) is 24.2 Å². The monoisotopic (exact) mass is 399 g/mol. The summed E-state index contributed by atoms with van der Waals surface area (Å²) < 4.78 is 11.5. The highest BCUT2D eigenvalue weighted by Gasteiger charge is 2.56. The Morgan fingerprint density at radius 2 is 1.77 bits per heavy atom. The van der Waals surface area contributed by atoms with Gasteiger partial charge in [-0.05, 0) is 47.4 Å². The van der Waals surface area contributed by atoms with E-state index in [4.69, 9.17) is 14.6 Å². The van der Waals surface area contributed by atoms with Crippen LogP contribution in [0.2, 0.25) is 0 Å². The fraction of sp³-hybridized carbons (Fsp3) is 0.200. The number of nitriles is 1. The lowest BCUT2D eigenvalue weighted by molar-refractivity contribution is -0.138. The molecule has 1 aliphatic rings. The van der Waals surface area contributed by atoms with Gasteiger partial charge in [-0.25, -0.2) is 0 Å². The van der Waals surface area contributed by atoms with Crippen molar-refractivity contribution >= 4 is 5.97 Å². The molecular weight excluding hydrogens is 378 g/mol. The van der Waals surface area contributed by atoms with Gasteiger partial charge in [0.1, 0.15) is 18.0 Å². The summed E-state index contributed by atoms with van der Waals surface area (Å²) in [5.41, 5.74) is 3.69. The molecule has 1 heterocycles. The van der Waals surface area contributed by atoms with Crippen LogP contribution in [-0.4, -0.2) is 17.2 Å². The minimum Gasteiger partial charge on any atom is -0.489 e. The third kappa shape index (κ3) is 3.91. The molecule has 3 aromatic carbocycles. The van der Waals surface area contributed by atoms with E-state index in [0.29, 0.717) is 17.9 Å². The number of hydrogen-bond acceptors (Lipinski definition) is 4. The van der Waals surface area contributed by atoms with E-state index in [1.54, 1.807) is 0 Å². The van der Waals surface area contributed by atoms with Crippen molar-refractivity contribution in [2.24, 2.45) is 0 Å². The molecule has 2 atom stereocenters. The fourth-order valence-corrected chi connectivity index (χ4v) is 3.71. The van der Waals surface area contributed by atoms with Gasteiger partial charge in [-0.3, -0.25) is 4.79 Å². The Morgan fingerprint density at radius 1 is 1.10 bits per heavy atom. The molecule has 1 N–H and O–H groups in total. The van der Waals surface area contributed by atoms with E-state index in [-0.39, 0.29) is 12.5 Å². The summed E-state index contributed by atoms with van der Waals surface area (Å²) in [5, 5.41) is 18.4. The van der Waals surface area contributed by atoms with Crippen LogP contribution in [0.1, 0.15) is 30.0 Å². The number of carboxylic acid groups (broad SMARTS) is 1. The number of carboxylic acids is 1. The molecule has 0 radical (unpaired) electrons. The third-order valence-corrected chi connectivity index (χ3v) is 5.46. The zero-order valence-corrected chi connectivity index (χ0v) is 16.5. The zero-order valence-electron chi connectivity index (χ0n) is 16.5. The highest BCUT2D eigenvalue weighted by molar-refractivity contribution is 5.70. The van der Waals surface area contributed by atoms with E-state index < -0.39 is 11.6 Å². The maximum Gasteiger partial charge on any atom is 0.306 e. The molecule has 150 valence electrons. The van der Waals surface area contributed by atoms with Gasteiger partial charge in [-0.2, -0.15) is 5.26 Å². The van der Waals surface area contributed by atoms with Crippen LogP contribution in [-0.2, 0) is 21.7 Å². The second-order valence-electron chi connectivity index (χ2n) is 7.39. The van der Waals surface area contributed by atoms with E-state index >= 15 is 0 Å². The first kappa shape index (κ1) is 19.7. The molecule has 2 unspecified atom stereocenters. The third-order valence-electron chi connectivity index (χ3n) is 5.46. The second-order valence-corrected chi connectivity index (χ2v) is 7.39. The Hall–Kier alpha value is -3.62. The zero-order chi connectivity index (χ0) is 21.1. The summed E-state index contributed by atoms with van der Waals surface area (Å²) in [5.74, 6) is -0.169. The largest absolute Gasteiger partial charge is 0.489 e. The summed E-state index contributed by atoms with van der Waals surface area (Å²) in [6.07, 6.45) is -0.152. The van der Waals surface area contributed by atoms with Gasteiger partial charge >= 0.3 is 5.97 Å². The molecule has 0 bridgehead atoms. The van der Waals surface area contributed by atoms with E-state index in [2.05, 4.69) is 6.07 Å². The maximum absolute atomic E-state index is 11.1. The van der Waals surface area contributed by atoms with Crippen LogP contribution < -0.4 is 4.74 Å². The smallest absolute Gasteiger partial charge is 0.306 e. The minimum atomic E-state index is -0.875. The lowest BCUT2D eigenvalue weighted by Crippen LogP contribution is -2.17. The van der Waals surface area contributed by atoms with Crippen LogP contribution in [0, 0.1) is 11.3 Å². The Balaban J connectivity index is 1.41. The molecule has 4 rings (SSSR count). The quantitative estimate of drug-likeness (QED) is 0.572. The maximum atomic E-state index is 11.1. The molecule has 1 aliphatic heterocycles. The molecule has 30 heavy (non-hydrogen) atoms. The van der Waals surface area contributed by atoms with Crippen molar-refractivity contribution < 1.29 is 19.4 Å². The Kier molecular flexibility index (Phi) is 5.26. The predicted molar refractivity (Wildman–Crippen MR) is 112 cm³/mol. The molecule has 1 fully saturated rings. The van der Waals surface area contributed by atoms with Gasteiger partial charge in [-0.15, -0.1) is 0 Å². The number of ether oxygens (including phenoxy) is 2. The molecule has 0 aromatic heterocycles. The Bertz CT molecular complexity index is 1100. The average molecular weight is 399 g/mol. The van der Waals surface area contributed by atoms with Crippen molar-refractivity contribution in [3.63, 3.8) is 0 Å². The lowest BCUT2D eigenvalue weighted by atomic mass is 9.92. The number of carbonyl (C=O) groups is 1. The van der Waals surface area contributed by atoms with Crippen molar-refractivity contribution in [2.75, 3.05) is 0 Å². The van der Waals surface area contributed by atoms with Crippen LogP contribution in [0.3, 0.4) is 0 Å². The van der Waals surface area contributed by atoms with Crippen molar-refractivity contribution in [1.82, 2.24) is 0 Å². The summed E-state index contributed by atoms with van der Waals surface area (Å²) in [6.45, 7) is 2.29. The van der Waals surface area contributed by atoms with Gasteiger partial charge in [0, 0.05) is 0 Å². The number of aliphatic carboxylic acids is 1. The standard InChI is InChI=1S/C25H21NO4/c1-17-25(30-17,14-24(27)28)21-10-12-22(13-11-21)29-16-18-6-8-19(9-7-18)23-5-3-2-4-20(23)15-26/h2-13,17H,14,16H2,1H3,(H,27,28). The molecule has 1 saturated heterocycles. The van der Waals surface area contributed by atoms with Crippen LogP contribution in [0.5, 0.6) is 5.75 Å². The first-order valence-electron chi connectivity index (χ1n) is 9.73. The van der Waals surface area contributed by atoms with Crippen LogP contribution in [0.4, 0.5) is 0 Å². The van der Waals surface area contributed by atoms with Crippen molar-refractivity contribution in [3.05, 3.63) is 89.5 Å². The highest BCUT2D eigenvalue weighted by Crippen LogP contribution is 2.49. The molecule has 3 aromatic rings. The molecule has 5 heteroatoms. The van der Waals surface area contributed by atoms with Crippen molar-refractivity contribution in [2.45, 2.75) is 31.7 Å². The van der Waals surface area contributed by atoms with Crippen LogP contribution in [0.15, 0.2) is 72.8 Å². The number of epoxide rings is 1. The molecule has 0 aliphatic carbocycles. The first-order chi connectivity index (χ1) is 14.5. The number of rotatable bonds is 7. The molecular formula is C25H21NO4. The highest BCUT2D eigenvalue weighted by atomic mass is 16.6. The van der Waals surface area contributed by atoms with E-state index in [1.807, 2.05) is 79.7 Å². The van der Waals surface area contributed by atoms with E-state index in [9.17, 15) is 10.1 Å². The summed E-state index contributed by atoms with van der Waals surface area (Å²) in [4.78, 5) is 11.1. The Morgan fingerprint density at radius 3 is 2.37 bits per heavy atom. The van der Waals surface area contributed by atoms with Crippen molar-refractivity contribution in [1.29, 1.82) is 5.26 Å². The average Bonchev–Trinajstić information content (AvgIpc) is 3.42. The normalized spacial score (nSPS) is 19.7. The van der Waals surface area contributed by atoms with Gasteiger partial charge in [-0.1, -0.05) is 54.6 Å². The van der Waals surface area contributed by atoms with Gasteiger partial charge in [0.15, 0.2) is 0 Å². The number of hydrogen-bond donors (Lipinski definition) is 1. The molecule has 5 nitrogen and oxygen atoms in total.